The molecule has 0 spiro atoms. The predicted molar refractivity (Wildman–Crippen MR) is 94.2 cm³/mol. The minimum Gasteiger partial charge on any atom is -0.368 e. The summed E-state index contributed by atoms with van der Waals surface area (Å²) in [6.07, 6.45) is 5.05. The molecular weight excluding hydrogens is 332 g/mol. The van der Waals surface area contributed by atoms with E-state index in [9.17, 15) is 9.59 Å². The molecular formula is C19H22N4O3. The Bertz CT molecular complexity index is 832. The van der Waals surface area contributed by atoms with E-state index in [0.29, 0.717) is 18.7 Å². The van der Waals surface area contributed by atoms with Gasteiger partial charge in [-0.3, -0.25) is 9.59 Å². The molecule has 0 aliphatic carbocycles. The number of imidazole rings is 1. The minimum atomic E-state index is -0.265. The van der Waals surface area contributed by atoms with E-state index < -0.39 is 0 Å². The Morgan fingerprint density at radius 3 is 3.00 bits per heavy atom. The van der Waals surface area contributed by atoms with E-state index in [-0.39, 0.29) is 30.5 Å². The highest BCUT2D eigenvalue weighted by Gasteiger charge is 2.33. The number of amides is 2. The Kier molecular flexibility index (Phi) is 4.46. The molecule has 1 fully saturated rings. The molecule has 0 saturated carbocycles. The van der Waals surface area contributed by atoms with E-state index in [4.69, 9.17) is 4.74 Å². The first-order valence-electron chi connectivity index (χ1n) is 8.89. The van der Waals surface area contributed by atoms with E-state index >= 15 is 0 Å². The molecule has 0 radical (unpaired) electrons. The SMILES string of the molecule is Cn1ccnc1[C@H]1OCCC[C@@H]1NC(=O)CN1Cc2ccccc2C1=O. The van der Waals surface area contributed by atoms with E-state index in [0.717, 1.165) is 24.2 Å². The van der Waals surface area contributed by atoms with Gasteiger partial charge in [0.15, 0.2) is 0 Å². The lowest BCUT2D eigenvalue weighted by atomic mass is 10.0. The van der Waals surface area contributed by atoms with Crippen molar-refractivity contribution in [2.24, 2.45) is 7.05 Å². The third kappa shape index (κ3) is 3.10. The predicted octanol–water partition coefficient (Wildman–Crippen LogP) is 1.41. The number of nitrogens with one attached hydrogen (secondary N) is 1. The van der Waals surface area contributed by atoms with Gasteiger partial charge in [-0.1, -0.05) is 18.2 Å². The second-order valence-corrected chi connectivity index (χ2v) is 6.82. The lowest BCUT2D eigenvalue weighted by Gasteiger charge is -2.32. The van der Waals surface area contributed by atoms with E-state index in [2.05, 4.69) is 10.3 Å². The Morgan fingerprint density at radius 2 is 2.23 bits per heavy atom. The van der Waals surface area contributed by atoms with Crippen molar-refractivity contribution in [3.05, 3.63) is 53.6 Å². The first-order chi connectivity index (χ1) is 12.6. The number of ether oxygens (including phenoxy) is 1. The Balaban J connectivity index is 1.41. The topological polar surface area (TPSA) is 76.5 Å². The monoisotopic (exact) mass is 354 g/mol. The Morgan fingerprint density at radius 1 is 1.38 bits per heavy atom. The molecule has 7 nitrogen and oxygen atoms in total. The smallest absolute Gasteiger partial charge is 0.254 e. The number of hydrogen-bond donors (Lipinski definition) is 1. The van der Waals surface area contributed by atoms with Crippen molar-refractivity contribution in [1.29, 1.82) is 0 Å². The highest BCUT2D eigenvalue weighted by Crippen LogP contribution is 2.27. The van der Waals surface area contributed by atoms with Crippen LogP contribution in [0.5, 0.6) is 0 Å². The van der Waals surface area contributed by atoms with Crippen LogP contribution in [0.2, 0.25) is 0 Å². The van der Waals surface area contributed by atoms with Crippen LogP contribution in [0.1, 0.15) is 40.7 Å². The zero-order valence-electron chi connectivity index (χ0n) is 14.7. The first kappa shape index (κ1) is 16.8. The number of rotatable bonds is 4. The summed E-state index contributed by atoms with van der Waals surface area (Å²) >= 11 is 0. The lowest BCUT2D eigenvalue weighted by Crippen LogP contribution is -2.47. The summed E-state index contributed by atoms with van der Waals surface area (Å²) in [4.78, 5) is 30.9. The highest BCUT2D eigenvalue weighted by atomic mass is 16.5. The van der Waals surface area contributed by atoms with Crippen LogP contribution in [0.4, 0.5) is 0 Å². The van der Waals surface area contributed by atoms with Crippen LogP contribution in [0, 0.1) is 0 Å². The van der Waals surface area contributed by atoms with Gasteiger partial charge in [-0.15, -0.1) is 0 Å². The van der Waals surface area contributed by atoms with E-state index in [1.165, 1.54) is 0 Å². The maximum Gasteiger partial charge on any atom is 0.254 e. The minimum absolute atomic E-state index is 0.0529. The molecule has 1 aromatic carbocycles. The Hall–Kier alpha value is -2.67. The van der Waals surface area contributed by atoms with Crippen LogP contribution < -0.4 is 5.32 Å². The zero-order chi connectivity index (χ0) is 18.1. The third-order valence-corrected chi connectivity index (χ3v) is 5.01. The van der Waals surface area contributed by atoms with Crippen molar-refractivity contribution in [2.45, 2.75) is 31.5 Å². The number of benzene rings is 1. The molecule has 1 saturated heterocycles. The number of aromatic nitrogens is 2. The van der Waals surface area contributed by atoms with Gasteiger partial charge in [0.2, 0.25) is 5.91 Å². The second kappa shape index (κ2) is 6.92. The van der Waals surface area contributed by atoms with Crippen LogP contribution in [0.15, 0.2) is 36.7 Å². The molecule has 3 heterocycles. The normalized spacial score (nSPS) is 22.3. The summed E-state index contributed by atoms with van der Waals surface area (Å²) in [5, 5.41) is 3.05. The molecule has 2 aliphatic heterocycles. The summed E-state index contributed by atoms with van der Waals surface area (Å²) in [5.41, 5.74) is 1.66. The fourth-order valence-electron chi connectivity index (χ4n) is 3.70. The standard InChI is InChI=1S/C19H22N4O3/c1-22-9-8-20-18(22)17-15(7-4-10-26-17)21-16(24)12-23-11-13-5-2-3-6-14(13)19(23)25/h2-3,5-6,8-9,15,17H,4,7,10-12H2,1H3,(H,21,24)/t15-,17-/m0/s1. The lowest BCUT2D eigenvalue weighted by molar-refractivity contribution is -0.125. The maximum atomic E-state index is 12.6. The maximum absolute atomic E-state index is 12.6. The first-order valence-corrected chi connectivity index (χ1v) is 8.89. The van der Waals surface area contributed by atoms with Gasteiger partial charge in [0.25, 0.3) is 5.91 Å². The van der Waals surface area contributed by atoms with Crippen LogP contribution >= 0.6 is 0 Å². The van der Waals surface area contributed by atoms with E-state index in [1.807, 2.05) is 42.1 Å². The van der Waals surface area contributed by atoms with Gasteiger partial charge in [-0.25, -0.2) is 4.98 Å². The third-order valence-electron chi connectivity index (χ3n) is 5.01. The number of aryl methyl sites for hydroxylation is 1. The summed E-state index contributed by atoms with van der Waals surface area (Å²) in [7, 11) is 1.92. The molecule has 26 heavy (non-hydrogen) atoms. The van der Waals surface area contributed by atoms with Crippen molar-refractivity contribution in [3.8, 4) is 0 Å². The molecule has 1 aromatic heterocycles. The summed E-state index contributed by atoms with van der Waals surface area (Å²) in [5.74, 6) is 0.553. The van der Waals surface area contributed by atoms with Crippen molar-refractivity contribution in [3.63, 3.8) is 0 Å². The van der Waals surface area contributed by atoms with Crippen molar-refractivity contribution >= 4 is 11.8 Å². The number of fused-ring (bicyclic) bond motifs is 1. The quantitative estimate of drug-likeness (QED) is 0.901. The van der Waals surface area contributed by atoms with Gasteiger partial charge < -0.3 is 19.5 Å². The fourth-order valence-corrected chi connectivity index (χ4v) is 3.70. The van der Waals surface area contributed by atoms with Gasteiger partial charge in [0.1, 0.15) is 18.5 Å². The second-order valence-electron chi connectivity index (χ2n) is 6.82. The molecule has 2 aliphatic rings. The number of hydrogen-bond acceptors (Lipinski definition) is 4. The van der Waals surface area contributed by atoms with Crippen LogP contribution in [0.3, 0.4) is 0 Å². The molecule has 1 N–H and O–H groups in total. The molecule has 136 valence electrons. The van der Waals surface area contributed by atoms with Crippen molar-refractivity contribution < 1.29 is 14.3 Å². The van der Waals surface area contributed by atoms with Gasteiger partial charge >= 0.3 is 0 Å². The van der Waals surface area contributed by atoms with Crippen LogP contribution in [-0.2, 0) is 23.1 Å². The zero-order valence-corrected chi connectivity index (χ0v) is 14.7. The van der Waals surface area contributed by atoms with Crippen molar-refractivity contribution in [1.82, 2.24) is 19.8 Å². The van der Waals surface area contributed by atoms with Gasteiger partial charge in [0.05, 0.1) is 6.04 Å². The molecule has 2 atom stereocenters. The Labute approximate surface area is 152 Å². The van der Waals surface area contributed by atoms with Crippen molar-refractivity contribution in [2.75, 3.05) is 13.2 Å². The molecule has 2 aromatic rings. The summed E-state index contributed by atoms with van der Waals surface area (Å²) < 4.78 is 7.79. The molecule has 7 heteroatoms. The molecule has 2 amide bonds. The van der Waals surface area contributed by atoms with Gasteiger partial charge in [-0.05, 0) is 24.5 Å². The van der Waals surface area contributed by atoms with E-state index in [1.54, 1.807) is 11.1 Å². The van der Waals surface area contributed by atoms with Crippen LogP contribution in [-0.4, -0.2) is 45.5 Å². The number of carbonyl (C=O) groups is 2. The van der Waals surface area contributed by atoms with Gasteiger partial charge in [-0.2, -0.15) is 0 Å². The van der Waals surface area contributed by atoms with Gasteiger partial charge in [0, 0.05) is 38.2 Å². The highest BCUT2D eigenvalue weighted by molar-refractivity contribution is 6.00. The molecule has 0 bridgehead atoms. The average Bonchev–Trinajstić information content (AvgIpc) is 3.20. The largest absolute Gasteiger partial charge is 0.368 e. The fraction of sp³-hybridized carbons (Fsp3) is 0.421. The number of nitrogens with zero attached hydrogens (tertiary/aromatic N) is 3. The number of carbonyl (C=O) groups excluding carboxylic acids is 2. The summed E-state index contributed by atoms with van der Waals surface area (Å²) in [6, 6.07) is 7.35. The summed E-state index contributed by atoms with van der Waals surface area (Å²) in [6.45, 7) is 1.19. The molecule has 0 unspecified atom stereocenters. The average molecular weight is 354 g/mol. The van der Waals surface area contributed by atoms with Crippen LogP contribution in [0.25, 0.3) is 0 Å². The molecule has 4 rings (SSSR count).